The quantitative estimate of drug-likeness (QED) is 0.500. The number of hydrogen-bond acceptors (Lipinski definition) is 4. The Hall–Kier alpha value is -2.76. The Morgan fingerprint density at radius 2 is 2.12 bits per heavy atom. The highest BCUT2D eigenvalue weighted by Crippen LogP contribution is 2.42. The molecule has 1 aliphatic carbocycles. The minimum Gasteiger partial charge on any atom is -0.495 e. The number of benzene rings is 1. The molecule has 33 heavy (non-hydrogen) atoms. The van der Waals surface area contributed by atoms with E-state index < -0.39 is 0 Å². The van der Waals surface area contributed by atoms with Gasteiger partial charge < -0.3 is 15.0 Å². The zero-order chi connectivity index (χ0) is 24.1. The summed E-state index contributed by atoms with van der Waals surface area (Å²) in [6, 6.07) is 1.99. The van der Waals surface area contributed by atoms with Crippen LogP contribution < -0.4 is 10.1 Å². The standard InChI is InChI=1S/C26H29Cl2N3O2/c1-6-17-13-19(24-25(27)18(7-2)14-22(33-5)26(24)28)9-10-21(17)30-16(4)29-20-11-12-31(15-20)23(32)8-3/h6,8-10,13-14,20,29H,3-4,7,11-12,15H2,1-2,5H3/b17-6-,30-21?/t20-/m0/s1. The summed E-state index contributed by atoms with van der Waals surface area (Å²) >= 11 is 13.3. The smallest absolute Gasteiger partial charge is 0.246 e. The van der Waals surface area contributed by atoms with Crippen molar-refractivity contribution in [3.63, 3.8) is 0 Å². The summed E-state index contributed by atoms with van der Waals surface area (Å²) in [7, 11) is 1.60. The van der Waals surface area contributed by atoms with E-state index in [1.54, 1.807) is 12.0 Å². The van der Waals surface area contributed by atoms with Gasteiger partial charge in [-0.05, 0) is 60.8 Å². The molecule has 1 amide bonds. The van der Waals surface area contributed by atoms with Crippen LogP contribution in [0.15, 0.2) is 66.0 Å². The number of aryl methyl sites for hydroxylation is 1. The van der Waals surface area contributed by atoms with Gasteiger partial charge in [-0.1, -0.05) is 55.4 Å². The maximum atomic E-state index is 11.8. The van der Waals surface area contributed by atoms with Crippen molar-refractivity contribution < 1.29 is 9.53 Å². The van der Waals surface area contributed by atoms with Gasteiger partial charge in [-0.25, -0.2) is 4.99 Å². The van der Waals surface area contributed by atoms with Crippen molar-refractivity contribution in [3.05, 3.63) is 82.2 Å². The minimum absolute atomic E-state index is 0.0543. The molecule has 1 aromatic carbocycles. The number of halogens is 2. The summed E-state index contributed by atoms with van der Waals surface area (Å²) in [6.07, 6.45) is 10.8. The third-order valence-electron chi connectivity index (χ3n) is 5.77. The van der Waals surface area contributed by atoms with Gasteiger partial charge in [-0.2, -0.15) is 0 Å². The summed E-state index contributed by atoms with van der Waals surface area (Å²) in [4.78, 5) is 18.2. The molecule has 0 radical (unpaired) electrons. The van der Waals surface area contributed by atoms with Crippen LogP contribution in [0.4, 0.5) is 0 Å². The van der Waals surface area contributed by atoms with E-state index in [4.69, 9.17) is 27.9 Å². The molecule has 0 aromatic heterocycles. The first kappa shape index (κ1) is 24.9. The van der Waals surface area contributed by atoms with Crippen LogP contribution in [-0.2, 0) is 11.2 Å². The van der Waals surface area contributed by atoms with E-state index in [-0.39, 0.29) is 11.9 Å². The number of nitrogens with zero attached hydrogens (tertiary/aromatic N) is 2. The average molecular weight is 486 g/mol. The summed E-state index contributed by atoms with van der Waals surface area (Å²) in [5.41, 5.74) is 4.32. The number of carbonyl (C=O) groups is 1. The molecule has 2 aliphatic rings. The zero-order valence-electron chi connectivity index (χ0n) is 19.3. The number of allylic oxidation sites excluding steroid dienone is 6. The fourth-order valence-corrected chi connectivity index (χ4v) is 4.76. The maximum absolute atomic E-state index is 11.8. The molecule has 0 unspecified atom stereocenters. The molecule has 3 rings (SSSR count). The summed E-state index contributed by atoms with van der Waals surface area (Å²) in [5.74, 6) is 1.10. The molecule has 0 saturated carbocycles. The van der Waals surface area contributed by atoms with Crippen molar-refractivity contribution in [2.75, 3.05) is 20.2 Å². The predicted molar refractivity (Wildman–Crippen MR) is 138 cm³/mol. The fraction of sp³-hybridized carbons (Fsp3) is 0.308. The van der Waals surface area contributed by atoms with Crippen molar-refractivity contribution in [3.8, 4) is 5.75 Å². The normalized spacial score (nSPS) is 20.2. The molecule has 1 saturated heterocycles. The average Bonchev–Trinajstić information content (AvgIpc) is 3.27. The van der Waals surface area contributed by atoms with E-state index in [2.05, 4.69) is 23.5 Å². The first-order chi connectivity index (χ1) is 15.8. The van der Waals surface area contributed by atoms with Crippen LogP contribution >= 0.6 is 23.2 Å². The highest BCUT2D eigenvalue weighted by molar-refractivity contribution is 6.39. The molecular weight excluding hydrogens is 457 g/mol. The Labute approximate surface area is 205 Å². The van der Waals surface area contributed by atoms with Gasteiger partial charge in [0.15, 0.2) is 0 Å². The molecule has 7 heteroatoms. The van der Waals surface area contributed by atoms with Gasteiger partial charge in [-0.15, -0.1) is 0 Å². The first-order valence-electron chi connectivity index (χ1n) is 10.9. The second-order valence-electron chi connectivity index (χ2n) is 7.83. The molecule has 1 fully saturated rings. The number of rotatable bonds is 7. The number of carbonyl (C=O) groups excluding carboxylic acids is 1. The highest BCUT2D eigenvalue weighted by Gasteiger charge is 2.25. The predicted octanol–water partition coefficient (Wildman–Crippen LogP) is 5.75. The molecule has 0 bridgehead atoms. The number of amides is 1. The number of ether oxygens (including phenoxy) is 1. The van der Waals surface area contributed by atoms with Gasteiger partial charge >= 0.3 is 0 Å². The number of nitrogens with one attached hydrogen (secondary N) is 1. The lowest BCUT2D eigenvalue weighted by molar-refractivity contribution is -0.125. The highest BCUT2D eigenvalue weighted by atomic mass is 35.5. The molecule has 1 aromatic rings. The number of hydrogen-bond donors (Lipinski definition) is 1. The molecule has 0 spiro atoms. The van der Waals surface area contributed by atoms with Gasteiger partial charge in [-0.3, -0.25) is 4.79 Å². The Balaban J connectivity index is 1.82. The molecule has 1 heterocycles. The van der Waals surface area contributed by atoms with Crippen molar-refractivity contribution >= 4 is 40.4 Å². The lowest BCUT2D eigenvalue weighted by atomic mass is 9.93. The molecule has 1 N–H and O–H groups in total. The largest absolute Gasteiger partial charge is 0.495 e. The van der Waals surface area contributed by atoms with E-state index >= 15 is 0 Å². The molecule has 1 atom stereocenters. The molecule has 1 aliphatic heterocycles. The van der Waals surface area contributed by atoms with Crippen molar-refractivity contribution in [2.24, 2.45) is 4.99 Å². The number of aliphatic imine (C=N–C) groups is 1. The van der Waals surface area contributed by atoms with Crippen LogP contribution in [0.25, 0.3) is 5.57 Å². The summed E-state index contributed by atoms with van der Waals surface area (Å²) in [6.45, 7) is 12.9. The van der Waals surface area contributed by atoms with Crippen molar-refractivity contribution in [2.45, 2.75) is 32.7 Å². The van der Waals surface area contributed by atoms with Crippen LogP contribution in [0.5, 0.6) is 5.75 Å². The Bertz CT molecular complexity index is 1070. The van der Waals surface area contributed by atoms with Crippen LogP contribution in [0.1, 0.15) is 31.4 Å². The van der Waals surface area contributed by atoms with Crippen LogP contribution in [0, 0.1) is 0 Å². The monoisotopic (exact) mass is 485 g/mol. The topological polar surface area (TPSA) is 53.9 Å². The van der Waals surface area contributed by atoms with Crippen LogP contribution in [0.3, 0.4) is 0 Å². The Morgan fingerprint density at radius 3 is 2.76 bits per heavy atom. The molecular formula is C26H29Cl2N3O2. The lowest BCUT2D eigenvalue weighted by Crippen LogP contribution is -2.33. The third kappa shape index (κ3) is 5.43. The van der Waals surface area contributed by atoms with Crippen LogP contribution in [-0.4, -0.2) is 42.8 Å². The second-order valence-corrected chi connectivity index (χ2v) is 8.59. The first-order valence-corrected chi connectivity index (χ1v) is 11.7. The number of likely N-dealkylation sites (tertiary alicyclic amines) is 1. The fourth-order valence-electron chi connectivity index (χ4n) is 3.99. The van der Waals surface area contributed by atoms with E-state index in [9.17, 15) is 4.79 Å². The molecule has 5 nitrogen and oxygen atoms in total. The van der Waals surface area contributed by atoms with Gasteiger partial charge in [0.05, 0.1) is 22.9 Å². The van der Waals surface area contributed by atoms with E-state index in [1.165, 1.54) is 6.08 Å². The second kappa shape index (κ2) is 10.9. The maximum Gasteiger partial charge on any atom is 0.246 e. The van der Waals surface area contributed by atoms with E-state index in [0.717, 1.165) is 40.8 Å². The molecule has 174 valence electrons. The van der Waals surface area contributed by atoms with Crippen LogP contribution in [0.2, 0.25) is 10.0 Å². The van der Waals surface area contributed by atoms with E-state index in [0.29, 0.717) is 34.7 Å². The number of methoxy groups -OCH3 is 1. The van der Waals surface area contributed by atoms with Gasteiger partial charge in [0.2, 0.25) is 5.91 Å². The Kier molecular flexibility index (Phi) is 8.22. The minimum atomic E-state index is -0.0543. The van der Waals surface area contributed by atoms with Gasteiger partial charge in [0.25, 0.3) is 0 Å². The van der Waals surface area contributed by atoms with E-state index in [1.807, 2.05) is 44.2 Å². The van der Waals surface area contributed by atoms with Gasteiger partial charge in [0, 0.05) is 24.7 Å². The lowest BCUT2D eigenvalue weighted by Gasteiger charge is -2.19. The summed E-state index contributed by atoms with van der Waals surface area (Å²) in [5, 5.41) is 4.43. The Morgan fingerprint density at radius 1 is 1.36 bits per heavy atom. The SMILES string of the molecule is C=CC(=O)N1CC[C@H](NC(=C)N=C2C=CC(c3c(Cl)c(CC)cc(OC)c3Cl)=C/C2=C/C)C1. The third-order valence-corrected chi connectivity index (χ3v) is 6.58. The summed E-state index contributed by atoms with van der Waals surface area (Å²) < 4.78 is 5.46. The van der Waals surface area contributed by atoms with Gasteiger partial charge in [0.1, 0.15) is 11.6 Å². The van der Waals surface area contributed by atoms with Crippen molar-refractivity contribution in [1.29, 1.82) is 0 Å². The van der Waals surface area contributed by atoms with Crippen molar-refractivity contribution in [1.82, 2.24) is 10.2 Å². The zero-order valence-corrected chi connectivity index (χ0v) is 20.8.